The van der Waals surface area contributed by atoms with E-state index in [1.165, 1.54) is 0 Å². The number of rotatable bonds is 5. The predicted octanol–water partition coefficient (Wildman–Crippen LogP) is 1.92. The maximum absolute atomic E-state index is 11.5. The molecule has 5 nitrogen and oxygen atoms in total. The van der Waals surface area contributed by atoms with E-state index >= 15 is 0 Å². The van der Waals surface area contributed by atoms with Crippen molar-refractivity contribution in [2.24, 2.45) is 0 Å². The average molecular weight is 258 g/mol. The van der Waals surface area contributed by atoms with E-state index in [4.69, 9.17) is 4.74 Å². The number of esters is 1. The lowest BCUT2D eigenvalue weighted by Gasteiger charge is -2.04. The van der Waals surface area contributed by atoms with Gasteiger partial charge in [-0.1, -0.05) is 12.1 Å². The van der Waals surface area contributed by atoms with Crippen molar-refractivity contribution >= 4 is 12.3 Å². The molecular weight excluding hydrogens is 244 g/mol. The van der Waals surface area contributed by atoms with Crippen molar-refractivity contribution in [3.05, 3.63) is 53.6 Å². The van der Waals surface area contributed by atoms with Gasteiger partial charge < -0.3 is 9.30 Å². The molecule has 2 rings (SSSR count). The molecule has 5 heteroatoms. The standard InChI is InChI=1S/C14H14N2O3/c1-2-19-14(18)12-5-3-11(4-6-12)7-16-8-13(9-17)15-10-16/h3-6,8-10H,2,7H2,1H3. The van der Waals surface area contributed by atoms with Crippen LogP contribution in [-0.2, 0) is 11.3 Å². The number of hydrogen-bond acceptors (Lipinski definition) is 4. The van der Waals surface area contributed by atoms with Crippen LogP contribution < -0.4 is 0 Å². The van der Waals surface area contributed by atoms with Crippen molar-refractivity contribution < 1.29 is 14.3 Å². The Bertz CT molecular complexity index is 573. The van der Waals surface area contributed by atoms with E-state index in [0.717, 1.165) is 5.56 Å². The first-order chi connectivity index (χ1) is 9.22. The molecule has 0 aliphatic carbocycles. The van der Waals surface area contributed by atoms with Crippen LogP contribution in [0.25, 0.3) is 0 Å². The van der Waals surface area contributed by atoms with Crippen LogP contribution in [0, 0.1) is 0 Å². The summed E-state index contributed by atoms with van der Waals surface area (Å²) in [4.78, 5) is 25.9. The van der Waals surface area contributed by atoms with Crippen LogP contribution in [0.5, 0.6) is 0 Å². The average Bonchev–Trinajstić information content (AvgIpc) is 2.87. The van der Waals surface area contributed by atoms with Crippen molar-refractivity contribution in [3.63, 3.8) is 0 Å². The molecule has 19 heavy (non-hydrogen) atoms. The van der Waals surface area contributed by atoms with Gasteiger partial charge in [0.25, 0.3) is 0 Å². The molecule has 98 valence electrons. The third-order valence-electron chi connectivity index (χ3n) is 2.60. The highest BCUT2D eigenvalue weighted by Crippen LogP contribution is 2.08. The number of aldehydes is 1. The van der Waals surface area contributed by atoms with Gasteiger partial charge in [0.15, 0.2) is 6.29 Å². The highest BCUT2D eigenvalue weighted by molar-refractivity contribution is 5.89. The molecular formula is C14H14N2O3. The number of hydrogen-bond donors (Lipinski definition) is 0. The third kappa shape index (κ3) is 3.28. The highest BCUT2D eigenvalue weighted by atomic mass is 16.5. The zero-order valence-corrected chi connectivity index (χ0v) is 10.6. The molecule has 0 radical (unpaired) electrons. The molecule has 1 aromatic carbocycles. The minimum Gasteiger partial charge on any atom is -0.462 e. The van der Waals surface area contributed by atoms with Gasteiger partial charge in [0.05, 0.1) is 18.5 Å². The van der Waals surface area contributed by atoms with Crippen LogP contribution in [0.15, 0.2) is 36.8 Å². The zero-order valence-electron chi connectivity index (χ0n) is 10.6. The van der Waals surface area contributed by atoms with Gasteiger partial charge in [-0.15, -0.1) is 0 Å². The number of nitrogens with zero attached hydrogens (tertiary/aromatic N) is 2. The highest BCUT2D eigenvalue weighted by Gasteiger charge is 2.05. The summed E-state index contributed by atoms with van der Waals surface area (Å²) >= 11 is 0. The maximum Gasteiger partial charge on any atom is 0.338 e. The molecule has 0 unspecified atom stereocenters. The van der Waals surface area contributed by atoms with Gasteiger partial charge in [0.1, 0.15) is 5.69 Å². The Morgan fingerprint density at radius 3 is 2.68 bits per heavy atom. The number of imidazole rings is 1. The van der Waals surface area contributed by atoms with E-state index in [1.807, 2.05) is 16.7 Å². The Morgan fingerprint density at radius 2 is 2.11 bits per heavy atom. The van der Waals surface area contributed by atoms with Crippen molar-refractivity contribution in [2.45, 2.75) is 13.5 Å². The summed E-state index contributed by atoms with van der Waals surface area (Å²) < 4.78 is 6.72. The Balaban J connectivity index is 2.06. The molecule has 0 aliphatic rings. The van der Waals surface area contributed by atoms with E-state index in [2.05, 4.69) is 4.98 Å². The van der Waals surface area contributed by atoms with Crippen LogP contribution in [-0.4, -0.2) is 28.4 Å². The van der Waals surface area contributed by atoms with Gasteiger partial charge in [-0.05, 0) is 24.6 Å². The lowest BCUT2D eigenvalue weighted by molar-refractivity contribution is 0.0526. The lowest BCUT2D eigenvalue weighted by atomic mass is 10.1. The van der Waals surface area contributed by atoms with Crippen molar-refractivity contribution in [1.29, 1.82) is 0 Å². The van der Waals surface area contributed by atoms with E-state index in [1.54, 1.807) is 31.6 Å². The van der Waals surface area contributed by atoms with Crippen LogP contribution in [0.3, 0.4) is 0 Å². The van der Waals surface area contributed by atoms with E-state index in [0.29, 0.717) is 30.7 Å². The minimum absolute atomic E-state index is 0.320. The van der Waals surface area contributed by atoms with Gasteiger partial charge in [0.2, 0.25) is 0 Å². The lowest BCUT2D eigenvalue weighted by Crippen LogP contribution is -2.05. The number of carbonyl (C=O) groups is 2. The molecule has 0 saturated heterocycles. The van der Waals surface area contributed by atoms with Gasteiger partial charge in [-0.2, -0.15) is 0 Å². The van der Waals surface area contributed by atoms with Crippen LogP contribution >= 0.6 is 0 Å². The van der Waals surface area contributed by atoms with E-state index in [-0.39, 0.29) is 5.97 Å². The topological polar surface area (TPSA) is 61.2 Å². The molecule has 0 N–H and O–H groups in total. The molecule has 1 aromatic heterocycles. The molecule has 0 aliphatic heterocycles. The molecule has 0 saturated carbocycles. The first-order valence-electron chi connectivity index (χ1n) is 5.96. The van der Waals surface area contributed by atoms with Crippen LogP contribution in [0.4, 0.5) is 0 Å². The molecule has 0 atom stereocenters. The summed E-state index contributed by atoms with van der Waals surface area (Å²) in [6, 6.07) is 7.16. The summed E-state index contributed by atoms with van der Waals surface area (Å²) in [7, 11) is 0. The quantitative estimate of drug-likeness (QED) is 0.607. The molecule has 2 aromatic rings. The van der Waals surface area contributed by atoms with E-state index < -0.39 is 0 Å². The number of carbonyl (C=O) groups excluding carboxylic acids is 2. The fourth-order valence-corrected chi connectivity index (χ4v) is 1.70. The Morgan fingerprint density at radius 1 is 1.37 bits per heavy atom. The second kappa shape index (κ2) is 5.95. The fraction of sp³-hybridized carbons (Fsp3) is 0.214. The smallest absolute Gasteiger partial charge is 0.338 e. The first kappa shape index (κ1) is 13.0. The second-order valence-corrected chi connectivity index (χ2v) is 4.01. The SMILES string of the molecule is CCOC(=O)c1ccc(Cn2cnc(C=O)c2)cc1. The zero-order chi connectivity index (χ0) is 13.7. The molecule has 0 bridgehead atoms. The molecule has 0 spiro atoms. The Kier molecular flexibility index (Phi) is 4.07. The van der Waals surface area contributed by atoms with E-state index in [9.17, 15) is 9.59 Å². The summed E-state index contributed by atoms with van der Waals surface area (Å²) in [6.45, 7) is 2.74. The molecule has 0 fully saturated rings. The Hall–Kier alpha value is -2.43. The first-order valence-corrected chi connectivity index (χ1v) is 5.96. The van der Waals surface area contributed by atoms with Gasteiger partial charge in [0, 0.05) is 12.7 Å². The fourth-order valence-electron chi connectivity index (χ4n) is 1.70. The van der Waals surface area contributed by atoms with Gasteiger partial charge >= 0.3 is 5.97 Å². The minimum atomic E-state index is -0.320. The van der Waals surface area contributed by atoms with Crippen molar-refractivity contribution in [2.75, 3.05) is 6.61 Å². The Labute approximate surface area is 110 Å². The van der Waals surface area contributed by atoms with Crippen LogP contribution in [0.2, 0.25) is 0 Å². The summed E-state index contributed by atoms with van der Waals surface area (Å²) in [5.74, 6) is -0.320. The molecule has 0 amide bonds. The normalized spacial score (nSPS) is 10.2. The summed E-state index contributed by atoms with van der Waals surface area (Å²) in [5, 5.41) is 0. The van der Waals surface area contributed by atoms with Crippen molar-refractivity contribution in [1.82, 2.24) is 9.55 Å². The summed E-state index contributed by atoms with van der Waals surface area (Å²) in [6.07, 6.45) is 3.98. The summed E-state index contributed by atoms with van der Waals surface area (Å²) in [5.41, 5.74) is 1.95. The largest absolute Gasteiger partial charge is 0.462 e. The van der Waals surface area contributed by atoms with Gasteiger partial charge in [-0.3, -0.25) is 4.79 Å². The monoisotopic (exact) mass is 258 g/mol. The van der Waals surface area contributed by atoms with Crippen LogP contribution in [0.1, 0.15) is 33.3 Å². The number of ether oxygens (including phenoxy) is 1. The molecule has 1 heterocycles. The number of benzene rings is 1. The van der Waals surface area contributed by atoms with Crippen molar-refractivity contribution in [3.8, 4) is 0 Å². The maximum atomic E-state index is 11.5. The van der Waals surface area contributed by atoms with Gasteiger partial charge in [-0.25, -0.2) is 9.78 Å². The predicted molar refractivity (Wildman–Crippen MR) is 69.1 cm³/mol. The number of aromatic nitrogens is 2. The second-order valence-electron chi connectivity index (χ2n) is 4.01. The third-order valence-corrected chi connectivity index (χ3v) is 2.60.